The Labute approximate surface area is 96.4 Å². The van der Waals surface area contributed by atoms with E-state index in [9.17, 15) is 5.11 Å². The zero-order valence-corrected chi connectivity index (χ0v) is 9.74. The van der Waals surface area contributed by atoms with Gasteiger partial charge < -0.3 is 5.11 Å². The van der Waals surface area contributed by atoms with Gasteiger partial charge in [0.1, 0.15) is 0 Å². The number of aryl methyl sites for hydroxylation is 1. The number of hydrogen-bond acceptors (Lipinski definition) is 1. The molecule has 0 aromatic heterocycles. The van der Waals surface area contributed by atoms with Crippen LogP contribution in [0.1, 0.15) is 25.3 Å². The molecule has 1 unspecified atom stereocenters. The van der Waals surface area contributed by atoms with Gasteiger partial charge in [0.2, 0.25) is 0 Å². The Balaban J connectivity index is 2.41. The van der Waals surface area contributed by atoms with Crippen LogP contribution in [0.2, 0.25) is 0 Å². The van der Waals surface area contributed by atoms with Gasteiger partial charge in [-0.1, -0.05) is 54.9 Å². The fraction of sp³-hybridized carbons (Fsp3) is 0.385. The van der Waals surface area contributed by atoms with Crippen LogP contribution in [0.15, 0.2) is 41.4 Å². The molecular formula is C13H17ClO. The van der Waals surface area contributed by atoms with Crippen molar-refractivity contribution in [1.29, 1.82) is 0 Å². The van der Waals surface area contributed by atoms with E-state index in [4.69, 9.17) is 11.6 Å². The third-order valence-electron chi connectivity index (χ3n) is 2.27. The second-order valence-corrected chi connectivity index (χ2v) is 3.97. The van der Waals surface area contributed by atoms with Crippen LogP contribution >= 0.6 is 11.6 Å². The summed E-state index contributed by atoms with van der Waals surface area (Å²) < 4.78 is 0. The molecule has 1 atom stereocenters. The Kier molecular flexibility index (Phi) is 5.44. The summed E-state index contributed by atoms with van der Waals surface area (Å²) in [6, 6.07) is 10.1. The van der Waals surface area contributed by atoms with Crippen molar-refractivity contribution < 1.29 is 5.11 Å². The monoisotopic (exact) mass is 224 g/mol. The highest BCUT2D eigenvalue weighted by Gasteiger charge is 2.07. The van der Waals surface area contributed by atoms with Gasteiger partial charge in [-0.15, -0.1) is 0 Å². The quantitative estimate of drug-likeness (QED) is 0.812. The van der Waals surface area contributed by atoms with Crippen LogP contribution in [0.3, 0.4) is 0 Å². The second-order valence-electron chi connectivity index (χ2n) is 3.54. The molecule has 1 N–H and O–H groups in total. The Hall–Kier alpha value is -0.790. The second kappa shape index (κ2) is 6.65. The van der Waals surface area contributed by atoms with Crippen molar-refractivity contribution in [3.8, 4) is 0 Å². The molecule has 82 valence electrons. The molecule has 2 heteroatoms. The van der Waals surface area contributed by atoms with E-state index < -0.39 is 6.10 Å². The zero-order valence-electron chi connectivity index (χ0n) is 8.99. The summed E-state index contributed by atoms with van der Waals surface area (Å²) in [5.74, 6) is 0. The van der Waals surface area contributed by atoms with E-state index >= 15 is 0 Å². The minimum atomic E-state index is -0.521. The molecule has 0 spiro atoms. The number of rotatable bonds is 5. The van der Waals surface area contributed by atoms with E-state index in [0.717, 1.165) is 12.8 Å². The topological polar surface area (TPSA) is 20.2 Å². The maximum atomic E-state index is 9.71. The molecule has 0 aliphatic rings. The first-order valence-electron chi connectivity index (χ1n) is 5.31. The highest BCUT2D eigenvalue weighted by Crippen LogP contribution is 2.14. The first-order valence-corrected chi connectivity index (χ1v) is 5.69. The van der Waals surface area contributed by atoms with Crippen molar-refractivity contribution in [3.05, 3.63) is 47.0 Å². The van der Waals surface area contributed by atoms with Gasteiger partial charge in [0, 0.05) is 5.03 Å². The minimum Gasteiger partial charge on any atom is -0.388 e. The van der Waals surface area contributed by atoms with Crippen molar-refractivity contribution in [2.45, 2.75) is 32.3 Å². The van der Waals surface area contributed by atoms with E-state index in [1.165, 1.54) is 5.56 Å². The molecule has 0 saturated carbocycles. The highest BCUT2D eigenvalue weighted by molar-refractivity contribution is 6.30. The Morgan fingerprint density at radius 1 is 1.40 bits per heavy atom. The lowest BCUT2D eigenvalue weighted by molar-refractivity contribution is 0.208. The van der Waals surface area contributed by atoms with Gasteiger partial charge in [-0.2, -0.15) is 0 Å². The van der Waals surface area contributed by atoms with Gasteiger partial charge in [-0.05, 0) is 24.8 Å². The summed E-state index contributed by atoms with van der Waals surface area (Å²) in [7, 11) is 0. The van der Waals surface area contributed by atoms with E-state index in [1.54, 1.807) is 0 Å². The Morgan fingerprint density at radius 3 is 2.67 bits per heavy atom. The Morgan fingerprint density at radius 2 is 2.07 bits per heavy atom. The molecule has 0 bridgehead atoms. The van der Waals surface area contributed by atoms with Crippen molar-refractivity contribution in [2.24, 2.45) is 0 Å². The standard InChI is InChI=1S/C13H17ClO/c1-2-6-12(14)13(15)10-9-11-7-4-3-5-8-11/h3-8,13,15H,2,9-10H2,1H3/b12-6-. The SMILES string of the molecule is CC/C=C(\Cl)C(O)CCc1ccccc1. The van der Waals surface area contributed by atoms with Gasteiger partial charge in [0.15, 0.2) is 0 Å². The summed E-state index contributed by atoms with van der Waals surface area (Å²) in [6.07, 6.45) is 3.74. The van der Waals surface area contributed by atoms with E-state index in [-0.39, 0.29) is 0 Å². The molecule has 15 heavy (non-hydrogen) atoms. The van der Waals surface area contributed by atoms with Crippen LogP contribution in [0, 0.1) is 0 Å². The molecule has 0 heterocycles. The molecule has 1 aromatic rings. The van der Waals surface area contributed by atoms with E-state index in [0.29, 0.717) is 11.5 Å². The summed E-state index contributed by atoms with van der Waals surface area (Å²) in [5.41, 5.74) is 1.23. The first-order chi connectivity index (χ1) is 7.24. The summed E-state index contributed by atoms with van der Waals surface area (Å²) >= 11 is 5.91. The third-order valence-corrected chi connectivity index (χ3v) is 2.67. The largest absolute Gasteiger partial charge is 0.388 e. The smallest absolute Gasteiger partial charge is 0.0895 e. The molecule has 0 fully saturated rings. The molecule has 1 nitrogen and oxygen atoms in total. The molecular weight excluding hydrogens is 208 g/mol. The average molecular weight is 225 g/mol. The lowest BCUT2D eigenvalue weighted by atomic mass is 10.1. The summed E-state index contributed by atoms with van der Waals surface area (Å²) in [4.78, 5) is 0. The Bertz CT molecular complexity index is 306. The molecule has 0 aliphatic heterocycles. The maximum Gasteiger partial charge on any atom is 0.0895 e. The number of halogens is 1. The molecule has 0 saturated heterocycles. The lowest BCUT2D eigenvalue weighted by Gasteiger charge is -2.09. The van der Waals surface area contributed by atoms with Gasteiger partial charge in [0.05, 0.1) is 6.10 Å². The average Bonchev–Trinajstić information content (AvgIpc) is 2.27. The van der Waals surface area contributed by atoms with E-state index in [2.05, 4.69) is 12.1 Å². The summed E-state index contributed by atoms with van der Waals surface area (Å²) in [5, 5.41) is 10.3. The van der Waals surface area contributed by atoms with Gasteiger partial charge >= 0.3 is 0 Å². The first kappa shape index (κ1) is 12.3. The number of aliphatic hydroxyl groups is 1. The molecule has 1 aromatic carbocycles. The van der Waals surface area contributed by atoms with Crippen molar-refractivity contribution in [3.63, 3.8) is 0 Å². The van der Waals surface area contributed by atoms with Crippen molar-refractivity contribution in [1.82, 2.24) is 0 Å². The van der Waals surface area contributed by atoms with E-state index in [1.807, 2.05) is 31.2 Å². The fourth-order valence-electron chi connectivity index (χ4n) is 1.42. The fourth-order valence-corrected chi connectivity index (χ4v) is 1.68. The predicted molar refractivity (Wildman–Crippen MR) is 65.0 cm³/mol. The van der Waals surface area contributed by atoms with Crippen LogP contribution in [-0.4, -0.2) is 11.2 Å². The van der Waals surface area contributed by atoms with Gasteiger partial charge in [-0.25, -0.2) is 0 Å². The van der Waals surface area contributed by atoms with Gasteiger partial charge in [-0.3, -0.25) is 0 Å². The highest BCUT2D eigenvalue weighted by atomic mass is 35.5. The lowest BCUT2D eigenvalue weighted by Crippen LogP contribution is -2.08. The maximum absolute atomic E-state index is 9.71. The van der Waals surface area contributed by atoms with Crippen LogP contribution in [0.5, 0.6) is 0 Å². The third kappa shape index (κ3) is 4.50. The number of benzene rings is 1. The minimum absolute atomic E-state index is 0.521. The van der Waals surface area contributed by atoms with Gasteiger partial charge in [0.25, 0.3) is 0 Å². The molecule has 0 aliphatic carbocycles. The van der Waals surface area contributed by atoms with Crippen LogP contribution in [0.25, 0.3) is 0 Å². The number of hydrogen-bond donors (Lipinski definition) is 1. The van der Waals surface area contributed by atoms with Crippen LogP contribution < -0.4 is 0 Å². The molecule has 1 rings (SSSR count). The number of allylic oxidation sites excluding steroid dienone is 1. The zero-order chi connectivity index (χ0) is 11.1. The molecule has 0 amide bonds. The van der Waals surface area contributed by atoms with Crippen LogP contribution in [-0.2, 0) is 6.42 Å². The van der Waals surface area contributed by atoms with Crippen LogP contribution in [0.4, 0.5) is 0 Å². The molecule has 0 radical (unpaired) electrons. The van der Waals surface area contributed by atoms with Crippen molar-refractivity contribution >= 4 is 11.6 Å². The number of aliphatic hydroxyl groups excluding tert-OH is 1. The summed E-state index contributed by atoms with van der Waals surface area (Å²) in [6.45, 7) is 2.01. The normalized spacial score (nSPS) is 13.9. The predicted octanol–water partition coefficient (Wildman–Crippen LogP) is 3.51. The van der Waals surface area contributed by atoms with Crippen molar-refractivity contribution in [2.75, 3.05) is 0 Å².